The monoisotopic (exact) mass is 196 g/mol. The number of ether oxygens (including phenoxy) is 1. The fraction of sp³-hybridized carbons (Fsp3) is 0.750. The number of hydrogen-bond acceptors (Lipinski definition) is 2. The van der Waals surface area contributed by atoms with Crippen LogP contribution in [-0.2, 0) is 9.53 Å². The highest BCUT2D eigenvalue weighted by Crippen LogP contribution is 2.13. The number of esters is 1. The first kappa shape index (κ1) is 13.0. The molecule has 0 saturated heterocycles. The van der Waals surface area contributed by atoms with Gasteiger partial charge in [-0.25, -0.2) is 0 Å². The van der Waals surface area contributed by atoms with Gasteiger partial charge in [-0.3, -0.25) is 4.79 Å². The van der Waals surface area contributed by atoms with Crippen molar-refractivity contribution in [3.63, 3.8) is 0 Å². The molecule has 2 heteroatoms. The molecule has 0 aromatic rings. The number of carbonyl (C=O) groups excluding carboxylic acids is 1. The third-order valence-electron chi connectivity index (χ3n) is 2.13. The van der Waals surface area contributed by atoms with E-state index in [-0.39, 0.29) is 11.9 Å². The zero-order chi connectivity index (χ0) is 10.8. The van der Waals surface area contributed by atoms with Crippen LogP contribution >= 0.6 is 0 Å². The van der Waals surface area contributed by atoms with Gasteiger partial charge in [0.1, 0.15) is 6.11 Å². The smallest absolute Gasteiger partial charge is 0.322 e. The van der Waals surface area contributed by atoms with Crippen LogP contribution in [0.4, 0.5) is 0 Å². The second-order valence-corrected chi connectivity index (χ2v) is 3.30. The van der Waals surface area contributed by atoms with Gasteiger partial charge in [-0.05, 0) is 12.8 Å². The van der Waals surface area contributed by atoms with E-state index in [1.54, 1.807) is 0 Å². The molecule has 0 aromatic heterocycles. The molecule has 1 atom stereocenters. The predicted molar refractivity (Wildman–Crippen MR) is 57.5 cm³/mol. The predicted octanol–water partition coefficient (Wildman–Crippen LogP) is 3.12. The van der Waals surface area contributed by atoms with Crippen LogP contribution in [0.15, 0.2) is 0 Å². The highest BCUT2D eigenvalue weighted by molar-refractivity contribution is 5.73. The Balaban J connectivity index is 3.91. The van der Waals surface area contributed by atoms with Crippen molar-refractivity contribution in [2.75, 3.05) is 0 Å². The first-order chi connectivity index (χ1) is 6.76. The molecule has 1 unspecified atom stereocenters. The van der Waals surface area contributed by atoms with Gasteiger partial charge in [0.25, 0.3) is 0 Å². The van der Waals surface area contributed by atoms with Gasteiger partial charge in [0, 0.05) is 6.42 Å². The molecule has 0 aromatic carbocycles. The van der Waals surface area contributed by atoms with Gasteiger partial charge >= 0.3 is 5.97 Å². The Bertz CT molecular complexity index is 210. The fourth-order valence-electron chi connectivity index (χ4n) is 1.18. The summed E-state index contributed by atoms with van der Waals surface area (Å²) in [6, 6.07) is 0. The molecule has 0 aliphatic carbocycles. The summed E-state index contributed by atoms with van der Waals surface area (Å²) in [5.74, 6) is 2.59. The second kappa shape index (κ2) is 8.62. The topological polar surface area (TPSA) is 26.3 Å². The van der Waals surface area contributed by atoms with Gasteiger partial charge in [0.05, 0.1) is 5.92 Å². The quantitative estimate of drug-likeness (QED) is 0.499. The summed E-state index contributed by atoms with van der Waals surface area (Å²) < 4.78 is 4.83. The van der Waals surface area contributed by atoms with Crippen molar-refractivity contribution >= 4 is 5.97 Å². The van der Waals surface area contributed by atoms with E-state index in [2.05, 4.69) is 19.0 Å². The molecule has 0 amide bonds. The normalized spacial score (nSPS) is 11.4. The largest absolute Gasteiger partial charge is 0.372 e. The minimum Gasteiger partial charge on any atom is -0.372 e. The number of carbonyl (C=O) groups is 1. The van der Waals surface area contributed by atoms with Crippen molar-refractivity contribution in [1.29, 1.82) is 0 Å². The Kier molecular flexibility index (Phi) is 8.02. The Labute approximate surface area is 87.0 Å². The van der Waals surface area contributed by atoms with Crippen LogP contribution in [0.3, 0.4) is 0 Å². The Morgan fingerprint density at radius 3 is 2.57 bits per heavy atom. The zero-order valence-electron chi connectivity index (χ0n) is 9.43. The maximum absolute atomic E-state index is 11.4. The van der Waals surface area contributed by atoms with Crippen molar-refractivity contribution in [2.45, 2.75) is 52.9 Å². The van der Waals surface area contributed by atoms with Gasteiger partial charge in [-0.2, -0.15) is 0 Å². The highest BCUT2D eigenvalue weighted by atomic mass is 16.5. The van der Waals surface area contributed by atoms with E-state index in [1.165, 1.54) is 0 Å². The summed E-state index contributed by atoms with van der Waals surface area (Å²) in [5.41, 5.74) is 0. The third-order valence-corrected chi connectivity index (χ3v) is 2.13. The first-order valence-electron chi connectivity index (χ1n) is 5.44. The number of hydrogen-bond donors (Lipinski definition) is 0. The molecular formula is C12H20O2. The lowest BCUT2D eigenvalue weighted by molar-refractivity contribution is -0.141. The SMILES string of the molecule is CCC#COC(=O)C(CC)CCCC. The van der Waals surface area contributed by atoms with Crippen LogP contribution in [0.1, 0.15) is 52.9 Å². The molecule has 0 heterocycles. The summed E-state index contributed by atoms with van der Waals surface area (Å²) in [5, 5.41) is 0. The average Bonchev–Trinajstić information content (AvgIpc) is 2.19. The third kappa shape index (κ3) is 5.64. The minimum absolute atomic E-state index is 0.0288. The first-order valence-corrected chi connectivity index (χ1v) is 5.44. The fourth-order valence-corrected chi connectivity index (χ4v) is 1.18. The molecule has 2 nitrogen and oxygen atoms in total. The maximum Gasteiger partial charge on any atom is 0.322 e. The molecular weight excluding hydrogens is 176 g/mol. The maximum atomic E-state index is 11.4. The Morgan fingerprint density at radius 1 is 1.36 bits per heavy atom. The van der Waals surface area contributed by atoms with Crippen molar-refractivity contribution in [1.82, 2.24) is 0 Å². The molecule has 0 radical (unpaired) electrons. The zero-order valence-corrected chi connectivity index (χ0v) is 9.43. The van der Waals surface area contributed by atoms with Crippen LogP contribution in [0.5, 0.6) is 0 Å². The van der Waals surface area contributed by atoms with E-state index in [9.17, 15) is 4.79 Å². The summed E-state index contributed by atoms with van der Waals surface area (Å²) in [6.07, 6.45) is 7.10. The number of rotatable bonds is 5. The van der Waals surface area contributed by atoms with Crippen molar-refractivity contribution in [3.05, 3.63) is 0 Å². The molecule has 0 N–H and O–H groups in total. The average molecular weight is 196 g/mol. The summed E-state index contributed by atoms with van der Waals surface area (Å²) in [7, 11) is 0. The summed E-state index contributed by atoms with van der Waals surface area (Å²) >= 11 is 0. The van der Waals surface area contributed by atoms with E-state index in [1.807, 2.05) is 13.8 Å². The molecule has 0 spiro atoms. The standard InChI is InChI=1S/C12H20O2/c1-4-7-9-11(6-3)12(13)14-10-8-5-2/h11H,4-7,9H2,1-3H3. The van der Waals surface area contributed by atoms with Gasteiger partial charge in [0.2, 0.25) is 0 Å². The molecule has 0 aliphatic rings. The summed E-state index contributed by atoms with van der Waals surface area (Å²) in [6.45, 7) is 6.05. The van der Waals surface area contributed by atoms with Crippen LogP contribution in [-0.4, -0.2) is 5.97 Å². The van der Waals surface area contributed by atoms with Crippen LogP contribution < -0.4 is 0 Å². The lowest BCUT2D eigenvalue weighted by Gasteiger charge is -2.09. The van der Waals surface area contributed by atoms with Crippen LogP contribution in [0.25, 0.3) is 0 Å². The van der Waals surface area contributed by atoms with E-state index in [0.29, 0.717) is 0 Å². The number of unbranched alkanes of at least 4 members (excludes halogenated alkanes) is 1. The van der Waals surface area contributed by atoms with Gasteiger partial charge in [-0.1, -0.05) is 39.5 Å². The van der Waals surface area contributed by atoms with E-state index in [0.717, 1.165) is 32.1 Å². The van der Waals surface area contributed by atoms with E-state index < -0.39 is 0 Å². The lowest BCUT2D eigenvalue weighted by atomic mass is 10.00. The van der Waals surface area contributed by atoms with Crippen molar-refractivity contribution in [3.8, 4) is 12.0 Å². The molecule has 0 saturated carbocycles. The lowest BCUT2D eigenvalue weighted by Crippen LogP contribution is -2.14. The van der Waals surface area contributed by atoms with E-state index in [4.69, 9.17) is 4.74 Å². The molecule has 0 aliphatic heterocycles. The Hall–Kier alpha value is -0.970. The minimum atomic E-state index is -0.165. The molecule has 0 rings (SSSR count). The highest BCUT2D eigenvalue weighted by Gasteiger charge is 2.16. The second-order valence-electron chi connectivity index (χ2n) is 3.30. The van der Waals surface area contributed by atoms with Gasteiger partial charge < -0.3 is 4.74 Å². The molecule has 0 fully saturated rings. The molecule has 14 heavy (non-hydrogen) atoms. The van der Waals surface area contributed by atoms with Crippen molar-refractivity contribution < 1.29 is 9.53 Å². The van der Waals surface area contributed by atoms with Gasteiger partial charge in [-0.15, -0.1) is 0 Å². The van der Waals surface area contributed by atoms with Crippen LogP contribution in [0, 0.1) is 17.9 Å². The van der Waals surface area contributed by atoms with Gasteiger partial charge in [0.15, 0.2) is 0 Å². The molecule has 0 bridgehead atoms. The Morgan fingerprint density at radius 2 is 2.07 bits per heavy atom. The van der Waals surface area contributed by atoms with Crippen molar-refractivity contribution in [2.24, 2.45) is 5.92 Å². The molecule has 80 valence electrons. The van der Waals surface area contributed by atoms with Crippen LogP contribution in [0.2, 0.25) is 0 Å². The summed E-state index contributed by atoms with van der Waals surface area (Å²) in [4.78, 5) is 11.4. The van der Waals surface area contributed by atoms with E-state index >= 15 is 0 Å².